The molecule has 1 aromatic carbocycles. The van der Waals surface area contributed by atoms with Crippen molar-refractivity contribution < 1.29 is 26.9 Å². The van der Waals surface area contributed by atoms with Crippen LogP contribution in [0.1, 0.15) is 56.6 Å². The number of hydrogen-bond donors (Lipinski definition) is 2. The van der Waals surface area contributed by atoms with Crippen molar-refractivity contribution in [2.45, 2.75) is 81.8 Å². The van der Waals surface area contributed by atoms with E-state index in [0.29, 0.717) is 30.7 Å². The van der Waals surface area contributed by atoms with Gasteiger partial charge in [0.05, 0.1) is 12.1 Å². The topological polar surface area (TPSA) is 109 Å². The van der Waals surface area contributed by atoms with E-state index in [9.17, 15) is 9.59 Å². The van der Waals surface area contributed by atoms with Gasteiger partial charge in [-0.3, -0.25) is 4.79 Å². The first-order chi connectivity index (χ1) is 16.2. The van der Waals surface area contributed by atoms with Crippen LogP contribution in [0.2, 0.25) is 0 Å². The molecule has 0 unspecified atom stereocenters. The van der Waals surface area contributed by atoms with E-state index in [4.69, 9.17) is 11.5 Å². The minimum atomic E-state index is -0.450. The number of carbonyl (C=O) groups excluding carboxylic acids is 2. The van der Waals surface area contributed by atoms with Gasteiger partial charge in [0.1, 0.15) is 0 Å². The average Bonchev–Trinajstić information content (AvgIpc) is 3.47. The second-order valence-corrected chi connectivity index (χ2v) is 10.7. The van der Waals surface area contributed by atoms with Crippen molar-refractivity contribution in [1.29, 1.82) is 0 Å². The molecule has 3 aliphatic rings. The standard InChI is InChI=1S/C14H23N5O2S.C10H14.ClH.Ru/c15-8-5-19(6-9(8)16)12(20)4-2-1-3-11-13-10(7-22-11)17-14(21)18-13;1-8(2)10-6-4-9(3)5-7-10;;/h8-11,13,15-16H,1-7H2,(H2,17,18,21);4-8H,1-3H3;1H;/q-2;;;+1/p-1/t8-,9-,10+,11+,13+;;;/m1.../s1. The fraction of sp³-hybridized carbons (Fsp3) is 0.667. The molecule has 0 aliphatic carbocycles. The Morgan fingerprint density at radius 2 is 1.76 bits per heavy atom. The van der Waals surface area contributed by atoms with Crippen molar-refractivity contribution in [3.8, 4) is 0 Å². The molecule has 1 aromatic rings. The van der Waals surface area contributed by atoms with Crippen molar-refractivity contribution >= 4 is 33.4 Å². The molecule has 34 heavy (non-hydrogen) atoms. The molecule has 3 amide bonds. The van der Waals surface area contributed by atoms with Gasteiger partial charge in [-0.2, -0.15) is 11.8 Å². The molecule has 4 N–H and O–H groups in total. The number of benzene rings is 1. The predicted molar refractivity (Wildman–Crippen MR) is 138 cm³/mol. The summed E-state index contributed by atoms with van der Waals surface area (Å²) in [4.78, 5) is 25.0. The molecule has 5 atom stereocenters. The van der Waals surface area contributed by atoms with E-state index in [-0.39, 0.29) is 24.0 Å². The number of fused-ring (bicyclic) bond motifs is 1. The van der Waals surface area contributed by atoms with Gasteiger partial charge in [0.2, 0.25) is 5.91 Å². The normalized spacial score (nSPS) is 27.2. The molecule has 3 aliphatic heterocycles. The third-order valence-electron chi connectivity index (χ3n) is 6.48. The molecule has 4 rings (SSSR count). The Balaban J connectivity index is 0.000000286. The fourth-order valence-electron chi connectivity index (χ4n) is 4.38. The summed E-state index contributed by atoms with van der Waals surface area (Å²) in [6.45, 7) is 7.36. The Hall–Kier alpha value is -0.857. The number of halogens is 1. The number of likely N-dealkylation sites (tertiary alicyclic amines) is 1. The van der Waals surface area contributed by atoms with Crippen LogP contribution in [0.25, 0.3) is 11.5 Å². The van der Waals surface area contributed by atoms with Gasteiger partial charge in [0, 0.05) is 30.5 Å². The monoisotopic (exact) mass is 596 g/mol. The van der Waals surface area contributed by atoms with E-state index in [1.54, 1.807) is 4.90 Å². The number of nitrogens with one attached hydrogen (secondary N) is 4. The van der Waals surface area contributed by atoms with Crippen LogP contribution in [0.4, 0.5) is 4.79 Å². The van der Waals surface area contributed by atoms with E-state index in [1.807, 2.05) is 29.1 Å². The summed E-state index contributed by atoms with van der Waals surface area (Å²) in [5.74, 6) is 1.71. The second kappa shape index (κ2) is 14.6. The Labute approximate surface area is 222 Å². The van der Waals surface area contributed by atoms with Crippen LogP contribution in [0.15, 0.2) is 24.3 Å². The molecular formula is C24H37ClN5O2RuS-2. The predicted octanol–water partition coefficient (Wildman–Crippen LogP) is 5.20. The van der Waals surface area contributed by atoms with Crippen LogP contribution in [-0.4, -0.2) is 65.1 Å². The van der Waals surface area contributed by atoms with E-state index in [0.717, 1.165) is 25.0 Å². The van der Waals surface area contributed by atoms with E-state index < -0.39 is 12.1 Å². The summed E-state index contributed by atoms with van der Waals surface area (Å²) < 4.78 is 0. The van der Waals surface area contributed by atoms with Crippen molar-refractivity contribution in [2.75, 3.05) is 18.8 Å². The van der Waals surface area contributed by atoms with E-state index in [1.165, 1.54) is 11.1 Å². The van der Waals surface area contributed by atoms with Gasteiger partial charge in [-0.1, -0.05) is 50.1 Å². The number of unbranched alkanes of at least 4 members (excludes halogenated alkanes) is 1. The van der Waals surface area contributed by atoms with Crippen LogP contribution in [0.5, 0.6) is 0 Å². The van der Waals surface area contributed by atoms with Crippen LogP contribution in [0.3, 0.4) is 0 Å². The van der Waals surface area contributed by atoms with Gasteiger partial charge < -0.3 is 27.0 Å². The molecule has 0 spiro atoms. The second-order valence-electron chi connectivity index (χ2n) is 9.44. The first-order valence-electron chi connectivity index (χ1n) is 11.8. The summed E-state index contributed by atoms with van der Waals surface area (Å²) in [7, 11) is 4.57. The molecule has 10 heteroatoms. The number of urea groups is 1. The molecule has 193 valence electrons. The summed E-state index contributed by atoms with van der Waals surface area (Å²) in [5.41, 5.74) is 18.1. The van der Waals surface area contributed by atoms with Crippen molar-refractivity contribution in [1.82, 2.24) is 15.5 Å². The maximum Gasteiger partial charge on any atom is 0.315 e. The zero-order valence-corrected chi connectivity index (χ0v) is 23.4. The fourth-order valence-corrected chi connectivity index (χ4v) is 5.93. The van der Waals surface area contributed by atoms with Crippen molar-refractivity contribution in [3.63, 3.8) is 0 Å². The number of aryl methyl sites for hydroxylation is 1. The number of hydrogen-bond acceptors (Lipinski definition) is 3. The largest absolute Gasteiger partial charge is 0.674 e. The van der Waals surface area contributed by atoms with Gasteiger partial charge >= 0.3 is 33.0 Å². The Kier molecular flexibility index (Phi) is 12.7. The number of rotatable bonds is 6. The summed E-state index contributed by atoms with van der Waals surface area (Å²) >= 11 is 3.72. The first kappa shape index (κ1) is 29.4. The molecule has 0 aromatic heterocycles. The number of carbonyl (C=O) groups is 2. The van der Waals surface area contributed by atoms with Crippen LogP contribution < -0.4 is 10.6 Å². The number of thioether (sulfide) groups is 1. The first-order valence-corrected chi connectivity index (χ1v) is 15.1. The molecule has 7 nitrogen and oxygen atoms in total. The molecule has 3 heterocycles. The van der Waals surface area contributed by atoms with Gasteiger partial charge in [-0.05, 0) is 31.2 Å². The smallest absolute Gasteiger partial charge is 0.315 e. The number of nitrogens with zero attached hydrogens (tertiary/aromatic N) is 1. The molecule has 0 saturated carbocycles. The summed E-state index contributed by atoms with van der Waals surface area (Å²) in [5, 5.41) is 6.36. The maximum absolute atomic E-state index is 12.0. The molecule has 0 bridgehead atoms. The van der Waals surface area contributed by atoms with Crippen molar-refractivity contribution in [3.05, 3.63) is 46.9 Å². The van der Waals surface area contributed by atoms with Gasteiger partial charge in [-0.15, -0.1) is 12.1 Å². The Bertz CT molecular complexity index is 775. The van der Waals surface area contributed by atoms with E-state index in [2.05, 4.69) is 65.4 Å². The maximum atomic E-state index is 12.0. The zero-order valence-electron chi connectivity index (χ0n) is 20.1. The third-order valence-corrected chi connectivity index (χ3v) is 7.99. The molecule has 3 fully saturated rings. The minimum absolute atomic E-state index is 0.0561. The summed E-state index contributed by atoms with van der Waals surface area (Å²) in [6, 6.07) is 8.25. The average molecular weight is 596 g/mol. The Morgan fingerprint density at radius 1 is 1.15 bits per heavy atom. The van der Waals surface area contributed by atoms with Crippen molar-refractivity contribution in [2.24, 2.45) is 0 Å². The van der Waals surface area contributed by atoms with Crippen LogP contribution in [-0.2, 0) is 22.1 Å². The van der Waals surface area contributed by atoms with Gasteiger partial charge in [0.15, 0.2) is 0 Å². The number of amides is 3. The Morgan fingerprint density at radius 3 is 2.35 bits per heavy atom. The molecular weight excluding hydrogens is 559 g/mol. The minimum Gasteiger partial charge on any atom is -0.674 e. The quantitative estimate of drug-likeness (QED) is 0.268. The zero-order chi connectivity index (χ0) is 25.3. The van der Waals surface area contributed by atoms with E-state index >= 15 is 0 Å². The molecule has 0 radical (unpaired) electrons. The van der Waals surface area contributed by atoms with Crippen LogP contribution >= 0.6 is 21.5 Å². The van der Waals surface area contributed by atoms with Crippen LogP contribution in [0, 0.1) is 6.92 Å². The van der Waals surface area contributed by atoms with Gasteiger partial charge in [0.25, 0.3) is 0 Å². The molecule has 3 saturated heterocycles. The summed E-state index contributed by atoms with van der Waals surface area (Å²) in [6.07, 6.45) is 3.35. The SMILES string of the molecule is Cc1ccc(C(C)C)cc1.[Cl][Ru].[NH-][C@@H]1CN(C(=O)CCCC[C@@H]2SC[C@@H]3NC(=O)N[C@@H]32)C[C@H]1[NH-]. The van der Waals surface area contributed by atoms with Gasteiger partial charge in [-0.25, -0.2) is 4.79 Å². The third kappa shape index (κ3) is 8.67.